The standard InChI is InChI=1S/C21H17F5N4O3S/c22-12-5-13(23)7-14(6-12)34(31,32)30-3-4-33-21(30)1-2-29(11-19(21)26)20-10-27-17-8-15(24)16(25)9-18(17)28-20/h5-10,19H,1-4,11H2/t19-,21+/m1/s1. The van der Waals surface area contributed by atoms with Crippen LogP contribution in [0.15, 0.2) is 41.4 Å². The number of alkyl halides is 1. The summed E-state index contributed by atoms with van der Waals surface area (Å²) in [5.74, 6) is -4.14. The molecule has 3 aromatic rings. The van der Waals surface area contributed by atoms with E-state index in [1.54, 1.807) is 0 Å². The summed E-state index contributed by atoms with van der Waals surface area (Å²) in [6, 6.07) is 3.65. The van der Waals surface area contributed by atoms with Gasteiger partial charge in [0.25, 0.3) is 0 Å². The molecule has 1 aromatic heterocycles. The summed E-state index contributed by atoms with van der Waals surface area (Å²) >= 11 is 0. The minimum Gasteiger partial charge on any atom is -0.355 e. The Morgan fingerprint density at radius 3 is 2.32 bits per heavy atom. The molecule has 2 atom stereocenters. The van der Waals surface area contributed by atoms with Crippen molar-refractivity contribution in [3.05, 3.63) is 59.8 Å². The molecule has 7 nitrogen and oxygen atoms in total. The summed E-state index contributed by atoms with van der Waals surface area (Å²) in [5.41, 5.74) is -1.68. The monoisotopic (exact) mass is 500 g/mol. The van der Waals surface area contributed by atoms with E-state index in [0.717, 1.165) is 16.4 Å². The molecule has 2 aliphatic heterocycles. The van der Waals surface area contributed by atoms with E-state index < -0.39 is 50.1 Å². The van der Waals surface area contributed by atoms with Crippen LogP contribution in [0.1, 0.15) is 6.42 Å². The van der Waals surface area contributed by atoms with Gasteiger partial charge in [-0.1, -0.05) is 0 Å². The number of fused-ring (bicyclic) bond motifs is 1. The number of halogens is 5. The fraction of sp³-hybridized carbons (Fsp3) is 0.333. The maximum Gasteiger partial charge on any atom is 0.245 e. The SMILES string of the molecule is O=S(=O)(c1cc(F)cc(F)c1)N1CCO[C@]12CCN(c1cnc3cc(F)c(F)cc3n1)C[C@H]2F. The minimum atomic E-state index is -4.48. The summed E-state index contributed by atoms with van der Waals surface area (Å²) in [4.78, 5) is 9.10. The van der Waals surface area contributed by atoms with Crippen molar-refractivity contribution < 1.29 is 35.1 Å². The van der Waals surface area contributed by atoms with Gasteiger partial charge in [0.1, 0.15) is 17.5 Å². The van der Waals surface area contributed by atoms with Crippen LogP contribution in [0.3, 0.4) is 0 Å². The summed E-state index contributed by atoms with van der Waals surface area (Å²) in [6.07, 6.45) is -0.702. The van der Waals surface area contributed by atoms with Crippen molar-refractivity contribution in [3.8, 4) is 0 Å². The number of anilines is 1. The van der Waals surface area contributed by atoms with Crippen LogP contribution in [0.25, 0.3) is 11.0 Å². The van der Waals surface area contributed by atoms with Crippen LogP contribution in [-0.4, -0.2) is 60.8 Å². The highest BCUT2D eigenvalue weighted by atomic mass is 32.2. The van der Waals surface area contributed by atoms with Crippen LogP contribution in [0.5, 0.6) is 0 Å². The first kappa shape index (κ1) is 22.9. The average Bonchev–Trinajstić information content (AvgIpc) is 3.21. The van der Waals surface area contributed by atoms with Crippen LogP contribution in [0.4, 0.5) is 27.8 Å². The number of hydrogen-bond donors (Lipinski definition) is 0. The van der Waals surface area contributed by atoms with Crippen molar-refractivity contribution in [1.82, 2.24) is 14.3 Å². The topological polar surface area (TPSA) is 75.6 Å². The number of ether oxygens (including phenoxy) is 1. The number of sulfonamides is 1. The highest BCUT2D eigenvalue weighted by Gasteiger charge is 2.57. The molecule has 0 bridgehead atoms. The molecule has 34 heavy (non-hydrogen) atoms. The molecule has 0 saturated carbocycles. The van der Waals surface area contributed by atoms with Crippen LogP contribution in [-0.2, 0) is 14.8 Å². The lowest BCUT2D eigenvalue weighted by Gasteiger charge is -2.45. The Morgan fingerprint density at radius 2 is 1.65 bits per heavy atom. The second-order valence-corrected chi connectivity index (χ2v) is 9.88. The Bertz CT molecular complexity index is 1370. The molecule has 1 spiro atoms. The Morgan fingerprint density at radius 1 is 0.971 bits per heavy atom. The molecule has 0 aliphatic carbocycles. The molecule has 0 unspecified atom stereocenters. The van der Waals surface area contributed by atoms with Crippen molar-refractivity contribution in [2.75, 3.05) is 31.1 Å². The molecule has 5 rings (SSSR count). The van der Waals surface area contributed by atoms with Gasteiger partial charge >= 0.3 is 0 Å². The number of nitrogens with zero attached hydrogens (tertiary/aromatic N) is 4. The number of aromatic nitrogens is 2. The molecule has 0 amide bonds. The zero-order valence-corrected chi connectivity index (χ0v) is 18.2. The predicted molar refractivity (Wildman–Crippen MR) is 110 cm³/mol. The molecular formula is C21H17F5N4O3S. The lowest BCUT2D eigenvalue weighted by molar-refractivity contribution is -0.116. The van der Waals surface area contributed by atoms with Gasteiger partial charge in [-0.05, 0) is 12.1 Å². The summed E-state index contributed by atoms with van der Waals surface area (Å²) in [5, 5.41) is 0. The molecule has 2 saturated heterocycles. The normalized spacial score (nSPS) is 23.8. The first-order valence-electron chi connectivity index (χ1n) is 10.2. The molecule has 2 aliphatic rings. The number of hydrogen-bond acceptors (Lipinski definition) is 6. The maximum atomic E-state index is 15.6. The van der Waals surface area contributed by atoms with E-state index >= 15 is 4.39 Å². The Kier molecular flexibility index (Phi) is 5.45. The molecule has 0 N–H and O–H groups in total. The van der Waals surface area contributed by atoms with Gasteiger partial charge in [0.2, 0.25) is 10.0 Å². The summed E-state index contributed by atoms with van der Waals surface area (Å²) in [7, 11) is -4.48. The third-order valence-corrected chi connectivity index (χ3v) is 7.90. The molecular weight excluding hydrogens is 483 g/mol. The first-order chi connectivity index (χ1) is 16.1. The second-order valence-electron chi connectivity index (χ2n) is 8.02. The van der Waals surface area contributed by atoms with Gasteiger partial charge in [-0.25, -0.2) is 35.4 Å². The van der Waals surface area contributed by atoms with Gasteiger partial charge in [-0.15, -0.1) is 0 Å². The number of rotatable bonds is 3. The van der Waals surface area contributed by atoms with E-state index in [2.05, 4.69) is 9.97 Å². The van der Waals surface area contributed by atoms with Gasteiger partial charge in [-0.3, -0.25) is 4.98 Å². The zero-order valence-electron chi connectivity index (χ0n) is 17.4. The highest BCUT2D eigenvalue weighted by Crippen LogP contribution is 2.41. The van der Waals surface area contributed by atoms with Crippen molar-refractivity contribution in [1.29, 1.82) is 0 Å². The number of benzene rings is 2. The number of piperidine rings is 1. The van der Waals surface area contributed by atoms with E-state index in [1.165, 1.54) is 11.1 Å². The van der Waals surface area contributed by atoms with E-state index in [4.69, 9.17) is 4.74 Å². The largest absolute Gasteiger partial charge is 0.355 e. The third kappa shape index (κ3) is 3.67. The predicted octanol–water partition coefficient (Wildman–Crippen LogP) is 3.15. The van der Waals surface area contributed by atoms with Crippen LogP contribution < -0.4 is 4.90 Å². The quantitative estimate of drug-likeness (QED) is 0.515. The molecule has 0 radical (unpaired) electrons. The van der Waals surface area contributed by atoms with Crippen molar-refractivity contribution in [2.45, 2.75) is 23.2 Å². The molecule has 2 fully saturated rings. The van der Waals surface area contributed by atoms with E-state index in [-0.39, 0.29) is 49.5 Å². The van der Waals surface area contributed by atoms with E-state index in [1.807, 2.05) is 0 Å². The highest BCUT2D eigenvalue weighted by molar-refractivity contribution is 7.89. The Hall–Kier alpha value is -2.90. The maximum absolute atomic E-state index is 15.6. The van der Waals surface area contributed by atoms with Crippen LogP contribution >= 0.6 is 0 Å². The lowest BCUT2D eigenvalue weighted by atomic mass is 9.98. The smallest absolute Gasteiger partial charge is 0.245 e. The van der Waals surface area contributed by atoms with E-state index in [0.29, 0.717) is 18.2 Å². The summed E-state index contributed by atoms with van der Waals surface area (Å²) < 4.78 is 103. The van der Waals surface area contributed by atoms with Gasteiger partial charge in [0.05, 0.1) is 35.3 Å². The van der Waals surface area contributed by atoms with Gasteiger partial charge < -0.3 is 9.64 Å². The summed E-state index contributed by atoms with van der Waals surface area (Å²) in [6.45, 7) is -0.541. The van der Waals surface area contributed by atoms with Crippen molar-refractivity contribution >= 4 is 26.9 Å². The first-order valence-corrected chi connectivity index (χ1v) is 11.7. The zero-order chi connectivity index (χ0) is 24.3. The molecule has 3 heterocycles. The minimum absolute atomic E-state index is 0.0709. The van der Waals surface area contributed by atoms with Crippen molar-refractivity contribution in [3.63, 3.8) is 0 Å². The van der Waals surface area contributed by atoms with Gasteiger partial charge in [-0.2, -0.15) is 4.31 Å². The van der Waals surface area contributed by atoms with Gasteiger partial charge in [0.15, 0.2) is 23.5 Å². The fourth-order valence-corrected chi connectivity index (χ4v) is 6.13. The molecule has 2 aromatic carbocycles. The van der Waals surface area contributed by atoms with Crippen LogP contribution in [0.2, 0.25) is 0 Å². The molecule has 180 valence electrons. The fourth-order valence-electron chi connectivity index (χ4n) is 4.38. The Balaban J connectivity index is 1.43. The van der Waals surface area contributed by atoms with E-state index in [9.17, 15) is 26.0 Å². The van der Waals surface area contributed by atoms with Gasteiger partial charge in [0, 0.05) is 37.7 Å². The Labute approximate surface area is 190 Å². The second kappa shape index (κ2) is 8.10. The third-order valence-electron chi connectivity index (χ3n) is 6.00. The molecule has 13 heteroatoms. The van der Waals surface area contributed by atoms with Crippen LogP contribution in [0, 0.1) is 23.3 Å². The lowest BCUT2D eigenvalue weighted by Crippen LogP contribution is -2.62. The van der Waals surface area contributed by atoms with Crippen molar-refractivity contribution in [2.24, 2.45) is 0 Å². The average molecular weight is 500 g/mol.